The second-order valence-corrected chi connectivity index (χ2v) is 8.87. The van der Waals surface area contributed by atoms with Gasteiger partial charge < -0.3 is 14.7 Å². The van der Waals surface area contributed by atoms with Crippen molar-refractivity contribution in [3.05, 3.63) is 47.4 Å². The number of hydrogen-bond acceptors (Lipinski definition) is 2. The minimum atomic E-state index is 0.843. The number of nitrogens with zero attached hydrogens (tertiary/aromatic N) is 1. The molecule has 4 nitrogen and oxygen atoms in total. The first-order chi connectivity index (χ1) is 15.7. The van der Waals surface area contributed by atoms with Crippen LogP contribution in [0.1, 0.15) is 96.6 Å². The number of aromatic nitrogens is 2. The maximum absolute atomic E-state index is 5.61. The number of nitrogens with one attached hydrogen (secondary N) is 2. The molecule has 1 aliphatic heterocycles. The lowest BCUT2D eigenvalue weighted by atomic mass is 9.99. The molecule has 0 atom stereocenters. The average molecular weight is 436 g/mol. The molecule has 0 bridgehead atoms. The Hall–Kier alpha value is -2.49. The molecule has 3 rings (SSSR count). The Bertz CT molecular complexity index is 899. The highest BCUT2D eigenvalue weighted by Crippen LogP contribution is 2.31. The summed E-state index contributed by atoms with van der Waals surface area (Å²) < 4.78 is 5.61. The van der Waals surface area contributed by atoms with Crippen molar-refractivity contribution < 1.29 is 4.74 Å². The number of aliphatic imine (C=N–C) groups is 1. The SMILES string of the molecule is CCCCCCCCCCCC1=CC(=Cc2[nH]c(-c3ccc[nH]3)cc2OC)N=C1CCC. The van der Waals surface area contributed by atoms with E-state index in [0.29, 0.717) is 0 Å². The monoisotopic (exact) mass is 435 g/mol. The van der Waals surface area contributed by atoms with Crippen LogP contribution in [0, 0.1) is 0 Å². The molecule has 0 aromatic carbocycles. The Morgan fingerprint density at radius 3 is 2.31 bits per heavy atom. The van der Waals surface area contributed by atoms with E-state index in [2.05, 4.69) is 42.0 Å². The molecule has 0 saturated heterocycles. The maximum atomic E-state index is 5.61. The molecule has 0 radical (unpaired) electrons. The van der Waals surface area contributed by atoms with Gasteiger partial charge in [-0.25, -0.2) is 0 Å². The summed E-state index contributed by atoms with van der Waals surface area (Å²) in [5.41, 5.74) is 6.76. The first-order valence-corrected chi connectivity index (χ1v) is 12.7. The number of allylic oxidation sites excluding steroid dienone is 2. The highest BCUT2D eigenvalue weighted by atomic mass is 16.5. The number of rotatable bonds is 15. The molecule has 1 aliphatic rings. The van der Waals surface area contributed by atoms with Crippen molar-refractivity contribution >= 4 is 11.8 Å². The van der Waals surface area contributed by atoms with Crippen LogP contribution < -0.4 is 4.74 Å². The van der Waals surface area contributed by atoms with Crippen molar-refractivity contribution in [3.8, 4) is 17.1 Å². The van der Waals surface area contributed by atoms with Gasteiger partial charge in [-0.3, -0.25) is 4.99 Å². The van der Waals surface area contributed by atoms with Gasteiger partial charge in [0.1, 0.15) is 5.75 Å². The fourth-order valence-corrected chi connectivity index (χ4v) is 4.41. The van der Waals surface area contributed by atoms with Gasteiger partial charge in [-0.15, -0.1) is 0 Å². The summed E-state index contributed by atoms with van der Waals surface area (Å²) in [4.78, 5) is 11.7. The van der Waals surface area contributed by atoms with Gasteiger partial charge in [0.05, 0.1) is 29.9 Å². The summed E-state index contributed by atoms with van der Waals surface area (Å²) in [7, 11) is 1.72. The molecule has 4 heteroatoms. The summed E-state index contributed by atoms with van der Waals surface area (Å²) >= 11 is 0. The molecule has 2 aromatic heterocycles. The number of ether oxygens (including phenoxy) is 1. The van der Waals surface area contributed by atoms with Crippen LogP contribution in [0.4, 0.5) is 0 Å². The van der Waals surface area contributed by atoms with Crippen LogP contribution in [-0.2, 0) is 0 Å². The van der Waals surface area contributed by atoms with E-state index < -0.39 is 0 Å². The molecule has 174 valence electrons. The van der Waals surface area contributed by atoms with Gasteiger partial charge in [-0.2, -0.15) is 0 Å². The average Bonchev–Trinajstić information content (AvgIpc) is 3.53. The zero-order chi connectivity index (χ0) is 22.6. The minimum Gasteiger partial charge on any atom is -0.494 e. The maximum Gasteiger partial charge on any atom is 0.144 e. The highest BCUT2D eigenvalue weighted by Gasteiger charge is 2.16. The summed E-state index contributed by atoms with van der Waals surface area (Å²) in [6.45, 7) is 4.51. The van der Waals surface area contributed by atoms with Crippen molar-refractivity contribution in [1.82, 2.24) is 9.97 Å². The van der Waals surface area contributed by atoms with Crippen LogP contribution in [0.5, 0.6) is 5.75 Å². The number of unbranched alkanes of at least 4 members (excludes halogenated alkanes) is 8. The summed E-state index contributed by atoms with van der Waals surface area (Å²) in [5.74, 6) is 0.843. The van der Waals surface area contributed by atoms with Gasteiger partial charge in [0, 0.05) is 18.0 Å². The van der Waals surface area contributed by atoms with Gasteiger partial charge in [-0.05, 0) is 49.1 Å². The summed E-state index contributed by atoms with van der Waals surface area (Å²) in [5, 5.41) is 0. The van der Waals surface area contributed by atoms with Crippen LogP contribution in [0.15, 0.2) is 46.7 Å². The first kappa shape index (κ1) is 24.2. The Morgan fingerprint density at radius 1 is 0.906 bits per heavy atom. The van der Waals surface area contributed by atoms with Crippen molar-refractivity contribution in [1.29, 1.82) is 0 Å². The second-order valence-electron chi connectivity index (χ2n) is 8.87. The number of H-pyrrole nitrogens is 2. The molecule has 2 N–H and O–H groups in total. The minimum absolute atomic E-state index is 0.843. The van der Waals surface area contributed by atoms with Crippen LogP contribution in [0.2, 0.25) is 0 Å². The largest absolute Gasteiger partial charge is 0.494 e. The zero-order valence-corrected chi connectivity index (χ0v) is 20.3. The van der Waals surface area contributed by atoms with E-state index in [9.17, 15) is 0 Å². The number of methoxy groups -OCH3 is 1. The van der Waals surface area contributed by atoms with E-state index in [1.54, 1.807) is 7.11 Å². The van der Waals surface area contributed by atoms with Crippen LogP contribution in [0.25, 0.3) is 17.5 Å². The first-order valence-electron chi connectivity index (χ1n) is 12.7. The van der Waals surface area contributed by atoms with E-state index in [0.717, 1.165) is 47.8 Å². The molecular formula is C28H41N3O. The third kappa shape index (κ3) is 7.01. The third-order valence-electron chi connectivity index (χ3n) is 6.20. The second kappa shape index (κ2) is 13.1. The lowest BCUT2D eigenvalue weighted by Gasteiger charge is -2.06. The van der Waals surface area contributed by atoms with E-state index >= 15 is 0 Å². The Balaban J connectivity index is 1.57. The zero-order valence-electron chi connectivity index (χ0n) is 20.3. The smallest absolute Gasteiger partial charge is 0.144 e. The predicted molar refractivity (Wildman–Crippen MR) is 137 cm³/mol. The fraction of sp³-hybridized carbons (Fsp3) is 0.536. The van der Waals surface area contributed by atoms with E-state index in [1.807, 2.05) is 18.3 Å². The van der Waals surface area contributed by atoms with Gasteiger partial charge in [0.2, 0.25) is 0 Å². The molecule has 32 heavy (non-hydrogen) atoms. The van der Waals surface area contributed by atoms with Crippen LogP contribution in [0.3, 0.4) is 0 Å². The van der Waals surface area contributed by atoms with Gasteiger partial charge >= 0.3 is 0 Å². The molecule has 3 heterocycles. The Morgan fingerprint density at radius 2 is 1.66 bits per heavy atom. The van der Waals surface area contributed by atoms with Crippen LogP contribution in [-0.4, -0.2) is 22.8 Å². The van der Waals surface area contributed by atoms with Crippen LogP contribution >= 0.6 is 0 Å². The number of aromatic amines is 2. The molecule has 2 aromatic rings. The lowest BCUT2D eigenvalue weighted by Crippen LogP contribution is -1.99. The van der Waals surface area contributed by atoms with Crippen molar-refractivity contribution in [2.45, 2.75) is 90.9 Å². The molecule has 0 fully saturated rings. The highest BCUT2D eigenvalue weighted by molar-refractivity contribution is 6.04. The molecule has 0 spiro atoms. The van der Waals surface area contributed by atoms with Crippen molar-refractivity contribution in [2.24, 2.45) is 4.99 Å². The molecular weight excluding hydrogens is 394 g/mol. The molecule has 0 amide bonds. The van der Waals surface area contributed by atoms with Gasteiger partial charge in [-0.1, -0.05) is 71.6 Å². The Kier molecular flexibility index (Phi) is 9.93. The van der Waals surface area contributed by atoms with Gasteiger partial charge in [0.25, 0.3) is 0 Å². The van der Waals surface area contributed by atoms with Crippen molar-refractivity contribution in [3.63, 3.8) is 0 Å². The normalized spacial score (nSPS) is 14.8. The summed E-state index contributed by atoms with van der Waals surface area (Å²) in [6.07, 6.45) is 21.9. The molecule has 0 unspecified atom stereocenters. The lowest BCUT2D eigenvalue weighted by molar-refractivity contribution is 0.414. The topological polar surface area (TPSA) is 53.2 Å². The summed E-state index contributed by atoms with van der Waals surface area (Å²) in [6, 6.07) is 6.09. The van der Waals surface area contributed by atoms with Gasteiger partial charge in [0.15, 0.2) is 0 Å². The van der Waals surface area contributed by atoms with E-state index in [4.69, 9.17) is 9.73 Å². The fourth-order valence-electron chi connectivity index (χ4n) is 4.41. The third-order valence-corrected chi connectivity index (χ3v) is 6.20. The number of hydrogen-bond donors (Lipinski definition) is 2. The molecule has 0 aliphatic carbocycles. The standard InChI is InChI=1S/C28H41N3O/c1-4-6-7-8-9-10-11-12-13-16-22-19-23(30-24(22)15-5-2)20-27-28(32-3)21-26(31-27)25-17-14-18-29-25/h14,17-21,29,31H,4-13,15-16H2,1-3H3. The molecule has 0 saturated carbocycles. The Labute approximate surface area is 194 Å². The predicted octanol–water partition coefficient (Wildman–Crippen LogP) is 8.46. The van der Waals surface area contributed by atoms with E-state index in [1.165, 1.54) is 69.1 Å². The van der Waals surface area contributed by atoms with Crippen molar-refractivity contribution in [2.75, 3.05) is 7.11 Å². The quantitative estimate of drug-likeness (QED) is 0.271. The van der Waals surface area contributed by atoms with E-state index in [-0.39, 0.29) is 0 Å².